The normalized spacial score (nSPS) is 15.0. The van der Waals surface area contributed by atoms with Gasteiger partial charge in [-0.3, -0.25) is 4.79 Å². The molecule has 0 atom stereocenters. The number of nitrogens with one attached hydrogen (secondary N) is 1. The fourth-order valence-corrected chi connectivity index (χ4v) is 2.27. The molecule has 1 N–H and O–H groups in total. The highest BCUT2D eigenvalue weighted by Gasteiger charge is 2.15. The van der Waals surface area contributed by atoms with E-state index in [4.69, 9.17) is 9.47 Å². The first kappa shape index (κ1) is 15.8. The molecule has 2 rings (SSSR count). The van der Waals surface area contributed by atoms with E-state index in [1.54, 1.807) is 0 Å². The van der Waals surface area contributed by atoms with Crippen molar-refractivity contribution in [2.45, 2.75) is 19.9 Å². The molecule has 5 heteroatoms. The predicted molar refractivity (Wildman–Crippen MR) is 81.3 cm³/mol. The maximum atomic E-state index is 11.9. The number of morpholine rings is 1. The van der Waals surface area contributed by atoms with Crippen LogP contribution < -0.4 is 10.1 Å². The van der Waals surface area contributed by atoms with Gasteiger partial charge in [-0.2, -0.15) is 0 Å². The Morgan fingerprint density at radius 3 is 2.67 bits per heavy atom. The van der Waals surface area contributed by atoms with E-state index in [0.29, 0.717) is 32.8 Å². The molecule has 0 radical (unpaired) electrons. The minimum atomic E-state index is 0.206. The van der Waals surface area contributed by atoms with Gasteiger partial charge in [-0.25, -0.2) is 0 Å². The Morgan fingerprint density at radius 2 is 2.00 bits per heavy atom. The summed E-state index contributed by atoms with van der Waals surface area (Å²) in [7, 11) is 0. The lowest BCUT2D eigenvalue weighted by Gasteiger charge is -2.26. The number of benzene rings is 1. The van der Waals surface area contributed by atoms with Crippen molar-refractivity contribution < 1.29 is 14.3 Å². The van der Waals surface area contributed by atoms with Gasteiger partial charge in [-0.05, 0) is 24.6 Å². The number of hydrogen-bond donors (Lipinski definition) is 1. The average molecular weight is 292 g/mol. The second-order valence-electron chi connectivity index (χ2n) is 5.00. The van der Waals surface area contributed by atoms with E-state index in [-0.39, 0.29) is 5.91 Å². The standard InChI is InChI=1S/C16H24N2O3/c1-2-21-15-5-3-14(4-6-15)13-17-8-7-16(19)18-9-11-20-12-10-18/h3-6,17H,2,7-13H2,1H3. The summed E-state index contributed by atoms with van der Waals surface area (Å²) in [5.74, 6) is 1.10. The zero-order valence-corrected chi connectivity index (χ0v) is 12.6. The SMILES string of the molecule is CCOc1ccc(CNCCC(=O)N2CCOCC2)cc1. The van der Waals surface area contributed by atoms with Crippen LogP contribution >= 0.6 is 0 Å². The molecule has 1 amide bonds. The number of hydrogen-bond acceptors (Lipinski definition) is 4. The number of ether oxygens (including phenoxy) is 2. The monoisotopic (exact) mass is 292 g/mol. The molecule has 1 fully saturated rings. The Bertz CT molecular complexity index is 428. The summed E-state index contributed by atoms with van der Waals surface area (Å²) in [5.41, 5.74) is 1.19. The van der Waals surface area contributed by atoms with Gasteiger partial charge in [0.25, 0.3) is 0 Å². The molecule has 0 aromatic heterocycles. The van der Waals surface area contributed by atoms with Crippen LogP contribution in [0, 0.1) is 0 Å². The van der Waals surface area contributed by atoms with Crippen molar-refractivity contribution in [1.29, 1.82) is 0 Å². The summed E-state index contributed by atoms with van der Waals surface area (Å²) in [6, 6.07) is 8.03. The third-order valence-corrected chi connectivity index (χ3v) is 3.44. The Morgan fingerprint density at radius 1 is 1.29 bits per heavy atom. The Labute approximate surface area is 126 Å². The largest absolute Gasteiger partial charge is 0.494 e. The molecular weight excluding hydrogens is 268 g/mol. The highest BCUT2D eigenvalue weighted by Crippen LogP contribution is 2.11. The molecule has 0 saturated carbocycles. The Balaban J connectivity index is 1.63. The van der Waals surface area contributed by atoms with Crippen LogP contribution in [0.5, 0.6) is 5.75 Å². The highest BCUT2D eigenvalue weighted by molar-refractivity contribution is 5.76. The van der Waals surface area contributed by atoms with Crippen molar-refractivity contribution in [3.63, 3.8) is 0 Å². The molecule has 116 valence electrons. The number of nitrogens with zero attached hydrogens (tertiary/aromatic N) is 1. The van der Waals surface area contributed by atoms with E-state index in [0.717, 1.165) is 25.4 Å². The van der Waals surface area contributed by atoms with Crippen LogP contribution in [0.25, 0.3) is 0 Å². The summed E-state index contributed by atoms with van der Waals surface area (Å²) in [6.45, 7) is 6.88. The molecule has 1 aliphatic rings. The molecule has 0 aliphatic carbocycles. The first-order valence-electron chi connectivity index (χ1n) is 7.57. The van der Waals surface area contributed by atoms with Crippen LogP contribution in [0.3, 0.4) is 0 Å². The van der Waals surface area contributed by atoms with Crippen LogP contribution in [-0.2, 0) is 16.1 Å². The van der Waals surface area contributed by atoms with E-state index < -0.39 is 0 Å². The second-order valence-corrected chi connectivity index (χ2v) is 5.00. The van der Waals surface area contributed by atoms with E-state index in [1.807, 2.05) is 36.1 Å². The first-order chi connectivity index (χ1) is 10.3. The summed E-state index contributed by atoms with van der Waals surface area (Å²) in [6.07, 6.45) is 0.539. The zero-order valence-electron chi connectivity index (χ0n) is 12.6. The minimum absolute atomic E-state index is 0.206. The van der Waals surface area contributed by atoms with Crippen LogP contribution in [0.1, 0.15) is 18.9 Å². The van der Waals surface area contributed by atoms with Gasteiger partial charge in [0.1, 0.15) is 5.75 Å². The van der Waals surface area contributed by atoms with Crippen molar-refractivity contribution in [2.75, 3.05) is 39.5 Å². The van der Waals surface area contributed by atoms with Crippen molar-refractivity contribution in [1.82, 2.24) is 10.2 Å². The molecule has 21 heavy (non-hydrogen) atoms. The highest BCUT2D eigenvalue weighted by atomic mass is 16.5. The van der Waals surface area contributed by atoms with Crippen molar-refractivity contribution in [3.05, 3.63) is 29.8 Å². The van der Waals surface area contributed by atoms with E-state index in [9.17, 15) is 4.79 Å². The third kappa shape index (κ3) is 5.36. The van der Waals surface area contributed by atoms with Gasteiger partial charge in [0.2, 0.25) is 5.91 Å². The molecule has 1 heterocycles. The van der Waals surface area contributed by atoms with Crippen LogP contribution in [-0.4, -0.2) is 50.3 Å². The number of rotatable bonds is 7. The summed E-state index contributed by atoms with van der Waals surface area (Å²) in [4.78, 5) is 13.8. The first-order valence-corrected chi connectivity index (χ1v) is 7.57. The number of amides is 1. The number of carbonyl (C=O) groups is 1. The molecular formula is C16H24N2O3. The molecule has 0 bridgehead atoms. The van der Waals surface area contributed by atoms with E-state index in [1.165, 1.54) is 5.56 Å². The topological polar surface area (TPSA) is 50.8 Å². The average Bonchev–Trinajstić information content (AvgIpc) is 2.54. The van der Waals surface area contributed by atoms with Crippen LogP contribution in [0.2, 0.25) is 0 Å². The smallest absolute Gasteiger partial charge is 0.224 e. The Hall–Kier alpha value is -1.59. The van der Waals surface area contributed by atoms with Gasteiger partial charge >= 0.3 is 0 Å². The lowest BCUT2D eigenvalue weighted by molar-refractivity contribution is -0.135. The van der Waals surface area contributed by atoms with Crippen LogP contribution in [0.15, 0.2) is 24.3 Å². The van der Waals surface area contributed by atoms with E-state index in [2.05, 4.69) is 5.32 Å². The minimum Gasteiger partial charge on any atom is -0.494 e. The number of carbonyl (C=O) groups excluding carboxylic acids is 1. The summed E-state index contributed by atoms with van der Waals surface area (Å²) >= 11 is 0. The van der Waals surface area contributed by atoms with Gasteiger partial charge in [-0.1, -0.05) is 12.1 Å². The predicted octanol–water partition coefficient (Wildman–Crippen LogP) is 1.42. The van der Waals surface area contributed by atoms with Crippen LogP contribution in [0.4, 0.5) is 0 Å². The van der Waals surface area contributed by atoms with Gasteiger partial charge in [0.05, 0.1) is 19.8 Å². The molecule has 1 aliphatic heterocycles. The molecule has 0 spiro atoms. The van der Waals surface area contributed by atoms with Gasteiger partial charge < -0.3 is 19.7 Å². The van der Waals surface area contributed by atoms with Crippen molar-refractivity contribution in [3.8, 4) is 5.75 Å². The van der Waals surface area contributed by atoms with E-state index >= 15 is 0 Å². The molecule has 1 saturated heterocycles. The second kappa shape index (κ2) is 8.64. The van der Waals surface area contributed by atoms with Gasteiger partial charge in [-0.15, -0.1) is 0 Å². The molecule has 0 unspecified atom stereocenters. The lowest BCUT2D eigenvalue weighted by Crippen LogP contribution is -2.41. The van der Waals surface area contributed by atoms with Gasteiger partial charge in [0.15, 0.2) is 0 Å². The quantitative estimate of drug-likeness (QED) is 0.772. The maximum absolute atomic E-state index is 11.9. The lowest BCUT2D eigenvalue weighted by atomic mass is 10.2. The van der Waals surface area contributed by atoms with Crippen molar-refractivity contribution >= 4 is 5.91 Å². The van der Waals surface area contributed by atoms with Crippen molar-refractivity contribution in [2.24, 2.45) is 0 Å². The summed E-state index contributed by atoms with van der Waals surface area (Å²) in [5, 5.41) is 3.30. The fraction of sp³-hybridized carbons (Fsp3) is 0.562. The molecule has 5 nitrogen and oxygen atoms in total. The molecule has 1 aromatic carbocycles. The third-order valence-electron chi connectivity index (χ3n) is 3.44. The maximum Gasteiger partial charge on any atom is 0.224 e. The molecule has 1 aromatic rings. The zero-order chi connectivity index (χ0) is 14.9. The summed E-state index contributed by atoms with van der Waals surface area (Å²) < 4.78 is 10.6. The fourth-order valence-electron chi connectivity index (χ4n) is 2.27. The Kier molecular flexibility index (Phi) is 6.50. The van der Waals surface area contributed by atoms with Gasteiger partial charge in [0, 0.05) is 32.6 Å².